The molecule has 0 saturated carbocycles. The summed E-state index contributed by atoms with van der Waals surface area (Å²) in [7, 11) is 1.31. The summed E-state index contributed by atoms with van der Waals surface area (Å²) in [4.78, 5) is 32.3. The lowest BCUT2D eigenvalue weighted by atomic mass is 9.72. The molecule has 1 aliphatic heterocycles. The smallest absolute Gasteiger partial charge is 0.316 e. The summed E-state index contributed by atoms with van der Waals surface area (Å²) in [6.07, 6.45) is 0.385. The Balaban J connectivity index is 2.20. The summed E-state index contributed by atoms with van der Waals surface area (Å²) in [6, 6.07) is 7.18. The maximum absolute atomic E-state index is 12.8. The van der Waals surface area contributed by atoms with Gasteiger partial charge in [0.05, 0.1) is 18.6 Å². The summed E-state index contributed by atoms with van der Waals surface area (Å²) in [5.41, 5.74) is -0.106. The van der Waals surface area contributed by atoms with E-state index in [1.165, 1.54) is 7.11 Å². The Bertz CT molecular complexity index is 883. The number of esters is 1. The molecule has 0 radical (unpaired) electrons. The monoisotopic (exact) mass is 357 g/mol. The lowest BCUT2D eigenvalue weighted by Crippen LogP contribution is -2.43. The van der Waals surface area contributed by atoms with E-state index in [1.807, 2.05) is 6.07 Å². The van der Waals surface area contributed by atoms with Gasteiger partial charge in [0.2, 0.25) is 0 Å². The van der Waals surface area contributed by atoms with Crippen molar-refractivity contribution in [1.82, 2.24) is 9.97 Å². The van der Waals surface area contributed by atoms with Crippen molar-refractivity contribution in [3.8, 4) is 5.75 Å². The van der Waals surface area contributed by atoms with Crippen LogP contribution in [0.4, 0.5) is 5.69 Å². The number of methoxy groups -OCH3 is 1. The average Bonchev–Trinajstić information content (AvgIpc) is 2.60. The number of ether oxygens (including phenoxy) is 2. The summed E-state index contributed by atoms with van der Waals surface area (Å²) in [5, 5.41) is 11.6. The van der Waals surface area contributed by atoms with Gasteiger partial charge in [-0.1, -0.05) is 18.2 Å². The van der Waals surface area contributed by atoms with Crippen LogP contribution in [0.2, 0.25) is 0 Å². The molecule has 2 aromatic rings. The van der Waals surface area contributed by atoms with E-state index in [9.17, 15) is 14.9 Å². The molecule has 1 aromatic carbocycles. The van der Waals surface area contributed by atoms with Crippen molar-refractivity contribution in [2.45, 2.75) is 32.1 Å². The lowest BCUT2D eigenvalue weighted by molar-refractivity contribution is -0.386. The Morgan fingerprint density at radius 1 is 1.35 bits per heavy atom. The summed E-state index contributed by atoms with van der Waals surface area (Å²) in [6.45, 7) is 3.55. The van der Waals surface area contributed by atoms with Crippen molar-refractivity contribution in [1.29, 1.82) is 0 Å². The molecule has 1 atom stereocenters. The van der Waals surface area contributed by atoms with Gasteiger partial charge in [0.1, 0.15) is 28.4 Å². The minimum atomic E-state index is -1.10. The Morgan fingerprint density at radius 2 is 2.08 bits per heavy atom. The van der Waals surface area contributed by atoms with E-state index in [-0.39, 0.29) is 23.5 Å². The average molecular weight is 357 g/mol. The Morgan fingerprint density at radius 3 is 2.77 bits per heavy atom. The van der Waals surface area contributed by atoms with E-state index in [0.29, 0.717) is 30.2 Å². The molecule has 1 unspecified atom stereocenters. The lowest BCUT2D eigenvalue weighted by Gasteiger charge is -2.36. The molecule has 8 heteroatoms. The number of fused-ring (bicyclic) bond motifs is 1. The van der Waals surface area contributed by atoms with Crippen molar-refractivity contribution in [2.24, 2.45) is 0 Å². The molecule has 0 amide bonds. The predicted molar refractivity (Wildman–Crippen MR) is 92.1 cm³/mol. The molecule has 1 aliphatic rings. The standard InChI is InChI=1S/C18H19N3O5/c1-11-16(21(23)24)14(20-12(2)19-11)10-18(17(22)25-3)8-9-26-15-7-5-4-6-13(15)18/h4-7H,8-10H2,1-3H3. The van der Waals surface area contributed by atoms with Gasteiger partial charge in [-0.3, -0.25) is 14.9 Å². The van der Waals surface area contributed by atoms with Gasteiger partial charge in [-0.05, 0) is 19.9 Å². The second-order valence-electron chi connectivity index (χ2n) is 6.25. The van der Waals surface area contributed by atoms with Crippen molar-refractivity contribution in [3.63, 3.8) is 0 Å². The number of rotatable bonds is 4. The molecule has 0 fully saturated rings. The number of nitro groups is 1. The van der Waals surface area contributed by atoms with Crippen LogP contribution in [0.5, 0.6) is 5.75 Å². The normalized spacial score (nSPS) is 18.6. The molecule has 0 N–H and O–H groups in total. The van der Waals surface area contributed by atoms with E-state index < -0.39 is 16.3 Å². The molecule has 136 valence electrons. The van der Waals surface area contributed by atoms with Crippen LogP contribution in [-0.4, -0.2) is 34.6 Å². The largest absolute Gasteiger partial charge is 0.493 e. The number of aryl methyl sites for hydroxylation is 2. The van der Waals surface area contributed by atoms with Crippen molar-refractivity contribution >= 4 is 11.7 Å². The van der Waals surface area contributed by atoms with Crippen molar-refractivity contribution < 1.29 is 19.2 Å². The zero-order chi connectivity index (χ0) is 18.9. The molecule has 3 rings (SSSR count). The second kappa shape index (κ2) is 6.70. The number of para-hydroxylation sites is 1. The van der Waals surface area contributed by atoms with E-state index in [1.54, 1.807) is 32.0 Å². The fraction of sp³-hybridized carbons (Fsp3) is 0.389. The quantitative estimate of drug-likeness (QED) is 0.470. The number of hydrogen-bond donors (Lipinski definition) is 0. The van der Waals surface area contributed by atoms with Gasteiger partial charge in [0.15, 0.2) is 0 Å². The summed E-state index contributed by atoms with van der Waals surface area (Å²) >= 11 is 0. The third kappa shape index (κ3) is 2.87. The van der Waals surface area contributed by atoms with Gasteiger partial charge in [-0.15, -0.1) is 0 Å². The van der Waals surface area contributed by atoms with Gasteiger partial charge in [0, 0.05) is 18.4 Å². The molecular formula is C18H19N3O5. The van der Waals surface area contributed by atoms with Gasteiger partial charge >= 0.3 is 11.7 Å². The molecule has 26 heavy (non-hydrogen) atoms. The fourth-order valence-corrected chi connectivity index (χ4v) is 3.55. The molecular weight excluding hydrogens is 338 g/mol. The highest BCUT2D eigenvalue weighted by Crippen LogP contribution is 2.43. The minimum absolute atomic E-state index is 0.0422. The third-order valence-electron chi connectivity index (χ3n) is 4.66. The van der Waals surface area contributed by atoms with Crippen LogP contribution >= 0.6 is 0 Å². The fourth-order valence-electron chi connectivity index (χ4n) is 3.55. The van der Waals surface area contributed by atoms with Crippen LogP contribution in [0.3, 0.4) is 0 Å². The van der Waals surface area contributed by atoms with E-state index in [0.717, 1.165) is 0 Å². The number of hydrogen-bond acceptors (Lipinski definition) is 7. The molecule has 2 heterocycles. The Labute approximate surface area is 150 Å². The zero-order valence-electron chi connectivity index (χ0n) is 14.8. The minimum Gasteiger partial charge on any atom is -0.493 e. The number of carbonyl (C=O) groups excluding carboxylic acids is 1. The van der Waals surface area contributed by atoms with Crippen LogP contribution in [0.1, 0.15) is 29.2 Å². The zero-order valence-corrected chi connectivity index (χ0v) is 14.8. The summed E-state index contributed by atoms with van der Waals surface area (Å²) < 4.78 is 10.7. The highest BCUT2D eigenvalue weighted by molar-refractivity contribution is 5.85. The molecule has 0 spiro atoms. The van der Waals surface area contributed by atoms with Gasteiger partial charge < -0.3 is 9.47 Å². The van der Waals surface area contributed by atoms with Crippen molar-refractivity contribution in [2.75, 3.05) is 13.7 Å². The van der Waals surface area contributed by atoms with Crippen LogP contribution in [-0.2, 0) is 21.4 Å². The maximum atomic E-state index is 12.8. The molecule has 8 nitrogen and oxygen atoms in total. The Kier molecular flexibility index (Phi) is 4.58. The number of benzene rings is 1. The first kappa shape index (κ1) is 17.8. The van der Waals surface area contributed by atoms with Gasteiger partial charge in [-0.25, -0.2) is 9.97 Å². The first-order valence-electron chi connectivity index (χ1n) is 8.18. The highest BCUT2D eigenvalue weighted by Gasteiger charge is 2.47. The first-order chi connectivity index (χ1) is 12.4. The highest BCUT2D eigenvalue weighted by atomic mass is 16.6. The predicted octanol–water partition coefficient (Wildman–Crippen LogP) is 2.44. The van der Waals surface area contributed by atoms with E-state index in [4.69, 9.17) is 9.47 Å². The number of carbonyl (C=O) groups is 1. The number of aromatic nitrogens is 2. The van der Waals surface area contributed by atoms with E-state index in [2.05, 4.69) is 9.97 Å². The second-order valence-corrected chi connectivity index (χ2v) is 6.25. The van der Waals surface area contributed by atoms with Crippen LogP contribution < -0.4 is 4.74 Å². The van der Waals surface area contributed by atoms with Crippen molar-refractivity contribution in [3.05, 3.63) is 57.2 Å². The van der Waals surface area contributed by atoms with Gasteiger partial charge in [0.25, 0.3) is 0 Å². The first-order valence-corrected chi connectivity index (χ1v) is 8.18. The van der Waals surface area contributed by atoms with E-state index >= 15 is 0 Å². The Hall–Kier alpha value is -3.03. The molecule has 0 saturated heterocycles. The molecule has 1 aromatic heterocycles. The summed E-state index contributed by atoms with van der Waals surface area (Å²) in [5.74, 6) is 0.536. The van der Waals surface area contributed by atoms with Crippen LogP contribution in [0.15, 0.2) is 24.3 Å². The molecule has 0 bridgehead atoms. The number of nitrogens with zero attached hydrogens (tertiary/aromatic N) is 3. The van der Waals surface area contributed by atoms with Crippen LogP contribution in [0.25, 0.3) is 0 Å². The van der Waals surface area contributed by atoms with Gasteiger partial charge in [-0.2, -0.15) is 0 Å². The SMILES string of the molecule is COC(=O)C1(Cc2nc(C)nc(C)c2[N+](=O)[O-])CCOc2ccccc21. The maximum Gasteiger partial charge on any atom is 0.316 e. The third-order valence-corrected chi connectivity index (χ3v) is 4.66. The van der Waals surface area contributed by atoms with Crippen LogP contribution in [0, 0.1) is 24.0 Å². The topological polar surface area (TPSA) is 104 Å². The molecule has 0 aliphatic carbocycles.